The Morgan fingerprint density at radius 2 is 1.61 bits per heavy atom. The number of ether oxygens (including phenoxy) is 1. The van der Waals surface area contributed by atoms with E-state index in [4.69, 9.17) is 9.15 Å². The number of nitrogens with zero attached hydrogens (tertiary/aromatic N) is 1. The highest BCUT2D eigenvalue weighted by atomic mass is 32.2. The summed E-state index contributed by atoms with van der Waals surface area (Å²) >= 11 is 0. The van der Waals surface area contributed by atoms with Gasteiger partial charge in [-0.3, -0.25) is 0 Å². The first kappa shape index (κ1) is 20.8. The molecule has 158 valence electrons. The molecule has 4 aromatic rings. The average molecular weight is 435 g/mol. The van der Waals surface area contributed by atoms with E-state index in [1.165, 1.54) is 0 Å². The fourth-order valence-electron chi connectivity index (χ4n) is 3.24. The minimum atomic E-state index is -3.68. The van der Waals surface area contributed by atoms with Crippen molar-refractivity contribution in [3.05, 3.63) is 90.8 Å². The molecule has 0 spiro atoms. The van der Waals surface area contributed by atoms with Crippen molar-refractivity contribution < 1.29 is 17.6 Å². The second kappa shape index (κ2) is 9.16. The normalized spacial score (nSPS) is 11.4. The Bertz CT molecular complexity index is 1250. The largest absolute Gasteiger partial charge is 0.497 e. The monoisotopic (exact) mass is 434 g/mol. The molecule has 0 aliphatic heterocycles. The maximum atomic E-state index is 12.9. The third kappa shape index (κ3) is 4.84. The molecule has 0 aliphatic rings. The molecule has 0 atom stereocenters. The maximum Gasteiger partial charge on any atom is 0.241 e. The molecule has 0 radical (unpaired) electrons. The van der Waals surface area contributed by atoms with Crippen LogP contribution in [-0.2, 0) is 16.4 Å². The summed E-state index contributed by atoms with van der Waals surface area (Å²) in [5.41, 5.74) is 3.01. The SMILES string of the molecule is COc1ccc(-c2nc(CCNS(=O)(=O)c3ccccc3-c3ccccc3)co2)cc1. The molecule has 0 fully saturated rings. The van der Waals surface area contributed by atoms with Gasteiger partial charge in [0.25, 0.3) is 0 Å². The molecule has 0 unspecified atom stereocenters. The van der Waals surface area contributed by atoms with Gasteiger partial charge in [-0.15, -0.1) is 0 Å². The molecule has 1 N–H and O–H groups in total. The number of sulfonamides is 1. The first-order valence-electron chi connectivity index (χ1n) is 9.80. The smallest absolute Gasteiger partial charge is 0.241 e. The second-order valence-electron chi connectivity index (χ2n) is 6.88. The summed E-state index contributed by atoms with van der Waals surface area (Å²) in [6.07, 6.45) is 1.96. The molecule has 0 amide bonds. The second-order valence-corrected chi connectivity index (χ2v) is 8.62. The zero-order valence-corrected chi connectivity index (χ0v) is 17.8. The van der Waals surface area contributed by atoms with E-state index in [9.17, 15) is 8.42 Å². The van der Waals surface area contributed by atoms with Gasteiger partial charge in [-0.25, -0.2) is 18.1 Å². The first-order chi connectivity index (χ1) is 15.1. The Hall–Kier alpha value is -3.42. The third-order valence-electron chi connectivity index (χ3n) is 4.82. The molecular formula is C24H22N2O4S. The number of nitrogens with one attached hydrogen (secondary N) is 1. The Morgan fingerprint density at radius 1 is 0.903 bits per heavy atom. The lowest BCUT2D eigenvalue weighted by atomic mass is 10.1. The molecule has 6 nitrogen and oxygen atoms in total. The Labute approximate surface area is 181 Å². The fraction of sp³-hybridized carbons (Fsp3) is 0.125. The number of oxazole rings is 1. The lowest BCUT2D eigenvalue weighted by molar-refractivity contribution is 0.415. The van der Waals surface area contributed by atoms with E-state index in [2.05, 4.69) is 9.71 Å². The van der Waals surface area contributed by atoms with Crippen LogP contribution in [0.1, 0.15) is 5.69 Å². The van der Waals surface area contributed by atoms with Crippen LogP contribution in [0.25, 0.3) is 22.6 Å². The van der Waals surface area contributed by atoms with E-state index in [0.717, 1.165) is 16.9 Å². The summed E-state index contributed by atoms with van der Waals surface area (Å²) in [6.45, 7) is 0.208. The summed E-state index contributed by atoms with van der Waals surface area (Å²) in [5.74, 6) is 1.23. The molecule has 0 saturated heterocycles. The van der Waals surface area contributed by atoms with Gasteiger partial charge in [0.05, 0.1) is 17.7 Å². The van der Waals surface area contributed by atoms with Crippen LogP contribution >= 0.6 is 0 Å². The highest BCUT2D eigenvalue weighted by Crippen LogP contribution is 2.27. The maximum absolute atomic E-state index is 12.9. The van der Waals surface area contributed by atoms with Crippen molar-refractivity contribution in [2.24, 2.45) is 0 Å². The lowest BCUT2D eigenvalue weighted by Gasteiger charge is -2.11. The van der Waals surface area contributed by atoms with Crippen LogP contribution < -0.4 is 9.46 Å². The summed E-state index contributed by atoms with van der Waals surface area (Å²) in [6, 6.07) is 23.8. The first-order valence-corrected chi connectivity index (χ1v) is 11.3. The molecule has 0 saturated carbocycles. The molecule has 31 heavy (non-hydrogen) atoms. The van der Waals surface area contributed by atoms with Crippen LogP contribution in [-0.4, -0.2) is 27.1 Å². The lowest BCUT2D eigenvalue weighted by Crippen LogP contribution is -2.26. The summed E-state index contributed by atoms with van der Waals surface area (Å²) < 4.78 is 39.2. The zero-order chi connectivity index (χ0) is 21.7. The minimum Gasteiger partial charge on any atom is -0.497 e. The molecule has 4 rings (SSSR count). The average Bonchev–Trinajstić information content (AvgIpc) is 3.28. The van der Waals surface area contributed by atoms with E-state index in [1.54, 1.807) is 25.5 Å². The van der Waals surface area contributed by atoms with Gasteiger partial charge in [-0.2, -0.15) is 0 Å². The van der Waals surface area contributed by atoms with Crippen LogP contribution in [0.5, 0.6) is 5.75 Å². The van der Waals surface area contributed by atoms with Gasteiger partial charge < -0.3 is 9.15 Å². The van der Waals surface area contributed by atoms with Gasteiger partial charge in [0.15, 0.2) is 0 Å². The van der Waals surface area contributed by atoms with Crippen molar-refractivity contribution in [1.29, 1.82) is 0 Å². The van der Waals surface area contributed by atoms with Crippen molar-refractivity contribution in [3.8, 4) is 28.3 Å². The van der Waals surface area contributed by atoms with Gasteiger partial charge in [0, 0.05) is 24.1 Å². The molecular weight excluding hydrogens is 412 g/mol. The molecule has 7 heteroatoms. The number of aromatic nitrogens is 1. The van der Waals surface area contributed by atoms with Crippen LogP contribution in [0.15, 0.2) is 94.4 Å². The predicted molar refractivity (Wildman–Crippen MR) is 119 cm³/mol. The zero-order valence-electron chi connectivity index (χ0n) is 17.0. The predicted octanol–water partition coefficient (Wildman–Crippen LogP) is 4.54. The van der Waals surface area contributed by atoms with Gasteiger partial charge in [0.1, 0.15) is 12.0 Å². The summed E-state index contributed by atoms with van der Waals surface area (Å²) in [5, 5.41) is 0. The Balaban J connectivity index is 1.44. The van der Waals surface area contributed by atoms with Crippen molar-refractivity contribution in [1.82, 2.24) is 9.71 Å². The van der Waals surface area contributed by atoms with Crippen molar-refractivity contribution in [3.63, 3.8) is 0 Å². The Kier molecular flexibility index (Phi) is 6.16. The van der Waals surface area contributed by atoms with Crippen molar-refractivity contribution in [2.75, 3.05) is 13.7 Å². The van der Waals surface area contributed by atoms with Gasteiger partial charge in [-0.1, -0.05) is 48.5 Å². The summed E-state index contributed by atoms with van der Waals surface area (Å²) in [7, 11) is -2.08. The molecule has 1 heterocycles. The highest BCUT2D eigenvalue weighted by molar-refractivity contribution is 7.89. The van der Waals surface area contributed by atoms with E-state index in [-0.39, 0.29) is 11.4 Å². The highest BCUT2D eigenvalue weighted by Gasteiger charge is 2.19. The fourth-order valence-corrected chi connectivity index (χ4v) is 4.50. The van der Waals surface area contributed by atoms with Crippen LogP contribution in [0.2, 0.25) is 0 Å². The summed E-state index contributed by atoms with van der Waals surface area (Å²) in [4.78, 5) is 4.70. The standard InChI is InChI=1S/C24H22N2O4S/c1-29-21-13-11-19(12-14-21)24-26-20(17-30-24)15-16-25-31(27,28)23-10-6-5-9-22(23)18-7-3-2-4-8-18/h2-14,17,25H,15-16H2,1H3. The van der Waals surface area contributed by atoms with Gasteiger partial charge in [0.2, 0.25) is 15.9 Å². The van der Waals surface area contributed by atoms with Gasteiger partial charge in [-0.05, 0) is 35.9 Å². The number of benzene rings is 3. The number of methoxy groups -OCH3 is 1. The van der Waals surface area contributed by atoms with Crippen LogP contribution in [0, 0.1) is 0 Å². The van der Waals surface area contributed by atoms with Crippen molar-refractivity contribution in [2.45, 2.75) is 11.3 Å². The third-order valence-corrected chi connectivity index (χ3v) is 6.34. The van der Waals surface area contributed by atoms with E-state index in [1.807, 2.05) is 66.7 Å². The molecule has 3 aromatic carbocycles. The molecule has 0 aliphatic carbocycles. The quantitative estimate of drug-likeness (QED) is 0.440. The Morgan fingerprint density at radius 3 is 2.35 bits per heavy atom. The van der Waals surface area contributed by atoms with E-state index < -0.39 is 10.0 Å². The van der Waals surface area contributed by atoms with E-state index in [0.29, 0.717) is 23.6 Å². The van der Waals surface area contributed by atoms with E-state index >= 15 is 0 Å². The van der Waals surface area contributed by atoms with Crippen molar-refractivity contribution >= 4 is 10.0 Å². The molecule has 1 aromatic heterocycles. The minimum absolute atomic E-state index is 0.208. The molecule has 0 bridgehead atoms. The van der Waals surface area contributed by atoms with Gasteiger partial charge >= 0.3 is 0 Å². The van der Waals surface area contributed by atoms with Crippen LogP contribution in [0.3, 0.4) is 0 Å². The topological polar surface area (TPSA) is 81.4 Å². The number of hydrogen-bond acceptors (Lipinski definition) is 5. The number of hydrogen-bond donors (Lipinski definition) is 1. The van der Waals surface area contributed by atoms with Crippen LogP contribution in [0.4, 0.5) is 0 Å². The number of rotatable bonds is 8.